The quantitative estimate of drug-likeness (QED) is 0.332. The molecule has 3 aliphatic rings. The van der Waals surface area contributed by atoms with Crippen LogP contribution >= 0.6 is 11.9 Å². The van der Waals surface area contributed by atoms with Crippen LogP contribution in [-0.4, -0.2) is 65.2 Å². The van der Waals surface area contributed by atoms with Crippen LogP contribution in [0.5, 0.6) is 0 Å². The van der Waals surface area contributed by atoms with E-state index < -0.39 is 5.67 Å². The van der Waals surface area contributed by atoms with Gasteiger partial charge in [0.05, 0.1) is 17.9 Å². The number of benzene rings is 1. The third-order valence-corrected chi connectivity index (χ3v) is 8.69. The average molecular weight is 529 g/mol. The lowest BCUT2D eigenvalue weighted by atomic mass is 9.93. The van der Waals surface area contributed by atoms with Crippen molar-refractivity contribution in [1.29, 1.82) is 0 Å². The van der Waals surface area contributed by atoms with Crippen molar-refractivity contribution in [2.24, 2.45) is 5.41 Å². The van der Waals surface area contributed by atoms with Crippen molar-refractivity contribution in [3.8, 4) is 0 Å². The number of piperidine rings is 2. The van der Waals surface area contributed by atoms with Crippen LogP contribution in [0.4, 0.5) is 27.5 Å². The summed E-state index contributed by atoms with van der Waals surface area (Å²) in [7, 11) is 0. The Morgan fingerprint density at radius 2 is 1.76 bits per heavy atom. The molecule has 200 valence electrons. The predicted molar refractivity (Wildman–Crippen MR) is 148 cm³/mol. The Labute approximate surface area is 222 Å². The van der Waals surface area contributed by atoms with E-state index in [2.05, 4.69) is 24.9 Å². The summed E-state index contributed by atoms with van der Waals surface area (Å²) in [6.45, 7) is 6.59. The summed E-state index contributed by atoms with van der Waals surface area (Å²) in [5.41, 5.74) is 2.55. The second kappa shape index (κ2) is 10.6. The molecule has 2 aliphatic heterocycles. The smallest absolute Gasteiger partial charge is 0.258 e. The zero-order valence-electron chi connectivity index (χ0n) is 21.7. The number of carbonyl (C=O) groups is 1. The molecule has 37 heavy (non-hydrogen) atoms. The van der Waals surface area contributed by atoms with Gasteiger partial charge in [-0.05, 0) is 76.0 Å². The molecule has 10 heteroatoms. The van der Waals surface area contributed by atoms with Gasteiger partial charge in [0.15, 0.2) is 0 Å². The number of carbonyl (C=O) groups excluding carboxylic acids is 1. The number of aliphatic hydroxyl groups is 1. The highest BCUT2D eigenvalue weighted by atomic mass is 32.2. The van der Waals surface area contributed by atoms with Crippen molar-refractivity contribution in [2.45, 2.75) is 58.0 Å². The summed E-state index contributed by atoms with van der Waals surface area (Å²) in [4.78, 5) is 27.0. The Bertz CT molecular complexity index is 1120. The number of alkyl halides is 1. The normalized spacial score (nSPS) is 20.1. The summed E-state index contributed by atoms with van der Waals surface area (Å²) in [5.74, 6) is 1.34. The molecule has 0 unspecified atom stereocenters. The molecule has 8 nitrogen and oxygen atoms in total. The first-order chi connectivity index (χ1) is 17.8. The maximum Gasteiger partial charge on any atom is 0.258 e. The van der Waals surface area contributed by atoms with Crippen LogP contribution in [0.1, 0.15) is 61.5 Å². The van der Waals surface area contributed by atoms with E-state index >= 15 is 0 Å². The Morgan fingerprint density at radius 3 is 2.43 bits per heavy atom. The molecule has 2 saturated heterocycles. The Kier molecular flexibility index (Phi) is 7.49. The summed E-state index contributed by atoms with van der Waals surface area (Å²) >= 11 is 1.44. The number of nitrogens with one attached hydrogen (secondary N) is 2. The summed E-state index contributed by atoms with van der Waals surface area (Å²) in [6, 6.07) is 7.55. The fraction of sp³-hybridized carbons (Fsp3) is 0.593. The molecule has 2 aromatic rings. The highest BCUT2D eigenvalue weighted by molar-refractivity contribution is 8.00. The maximum atomic E-state index is 14.3. The highest BCUT2D eigenvalue weighted by Gasteiger charge is 2.44. The van der Waals surface area contributed by atoms with Crippen LogP contribution in [0.2, 0.25) is 0 Å². The van der Waals surface area contributed by atoms with E-state index in [0.29, 0.717) is 54.4 Å². The van der Waals surface area contributed by atoms with Crippen LogP contribution < -0.4 is 19.8 Å². The first-order valence-electron chi connectivity index (χ1n) is 13.2. The number of amides is 1. The molecule has 3 fully saturated rings. The number of aliphatic hydroxyl groups excluding tert-OH is 1. The third kappa shape index (κ3) is 6.29. The van der Waals surface area contributed by atoms with Gasteiger partial charge in [0.25, 0.3) is 5.91 Å². The SMILES string of the molecule is Cc1cc(NC(=O)c2ccc(NSCCO)cc2N2CCC3(CC2)CC3)nc(N2CCC(C)(F)CC2)n1. The van der Waals surface area contributed by atoms with Crippen molar-refractivity contribution >= 4 is 41.0 Å². The molecule has 1 aromatic heterocycles. The Balaban J connectivity index is 1.35. The number of aromatic nitrogens is 2. The fourth-order valence-electron chi connectivity index (χ4n) is 5.24. The lowest BCUT2D eigenvalue weighted by Gasteiger charge is -2.35. The van der Waals surface area contributed by atoms with Crippen LogP contribution in [-0.2, 0) is 0 Å². The summed E-state index contributed by atoms with van der Waals surface area (Å²) in [6.07, 6.45) is 5.84. The van der Waals surface area contributed by atoms with E-state index in [0.717, 1.165) is 43.0 Å². The number of aryl methyl sites for hydroxylation is 1. The molecule has 1 aliphatic carbocycles. The van der Waals surface area contributed by atoms with Crippen molar-refractivity contribution in [3.63, 3.8) is 0 Å². The van der Waals surface area contributed by atoms with Gasteiger partial charge in [-0.1, -0.05) is 11.9 Å². The molecule has 0 atom stereocenters. The molecule has 1 spiro atoms. The fourth-order valence-corrected chi connectivity index (χ4v) is 5.73. The van der Waals surface area contributed by atoms with Crippen molar-refractivity contribution < 1.29 is 14.3 Å². The summed E-state index contributed by atoms with van der Waals surface area (Å²) in [5, 5.41) is 12.1. The minimum Gasteiger partial charge on any atom is -0.395 e. The molecule has 1 saturated carbocycles. The van der Waals surface area contributed by atoms with Crippen LogP contribution in [0.25, 0.3) is 0 Å². The maximum absolute atomic E-state index is 14.3. The zero-order valence-corrected chi connectivity index (χ0v) is 22.5. The van der Waals surface area contributed by atoms with E-state index in [1.807, 2.05) is 30.0 Å². The number of hydrogen-bond acceptors (Lipinski definition) is 8. The monoisotopic (exact) mass is 528 g/mol. The van der Waals surface area contributed by atoms with E-state index in [1.165, 1.54) is 24.8 Å². The molecule has 0 bridgehead atoms. The Morgan fingerprint density at radius 1 is 1.05 bits per heavy atom. The molecule has 1 amide bonds. The highest BCUT2D eigenvalue weighted by Crippen LogP contribution is 2.54. The zero-order chi connectivity index (χ0) is 26.0. The molecule has 0 radical (unpaired) electrons. The van der Waals surface area contributed by atoms with Gasteiger partial charge in [-0.15, -0.1) is 0 Å². The Hall–Kier alpha value is -2.59. The van der Waals surface area contributed by atoms with Gasteiger partial charge in [0.2, 0.25) is 5.95 Å². The van der Waals surface area contributed by atoms with E-state index in [1.54, 1.807) is 13.0 Å². The molecular weight excluding hydrogens is 491 g/mol. The van der Waals surface area contributed by atoms with Crippen LogP contribution in [0, 0.1) is 12.3 Å². The number of rotatable bonds is 8. The van der Waals surface area contributed by atoms with Gasteiger partial charge in [-0.2, -0.15) is 4.98 Å². The second-order valence-corrected chi connectivity index (χ2v) is 11.8. The van der Waals surface area contributed by atoms with E-state index in [4.69, 9.17) is 5.11 Å². The minimum absolute atomic E-state index is 0.101. The molecule has 3 N–H and O–H groups in total. The number of anilines is 4. The lowest BCUT2D eigenvalue weighted by molar-refractivity contribution is 0.102. The van der Waals surface area contributed by atoms with E-state index in [9.17, 15) is 9.18 Å². The van der Waals surface area contributed by atoms with E-state index in [-0.39, 0.29) is 12.5 Å². The lowest BCUT2D eigenvalue weighted by Crippen LogP contribution is -2.41. The number of nitrogens with zero attached hydrogens (tertiary/aromatic N) is 4. The molecule has 5 rings (SSSR count). The van der Waals surface area contributed by atoms with Gasteiger partial charge >= 0.3 is 0 Å². The van der Waals surface area contributed by atoms with Gasteiger partial charge in [-0.25, -0.2) is 9.37 Å². The average Bonchev–Trinajstić information content (AvgIpc) is 3.62. The molecular formula is C27H37FN6O2S. The minimum atomic E-state index is -1.15. The number of hydrogen-bond donors (Lipinski definition) is 3. The van der Waals surface area contributed by atoms with Crippen LogP contribution in [0.3, 0.4) is 0 Å². The van der Waals surface area contributed by atoms with Crippen molar-refractivity contribution in [3.05, 3.63) is 35.5 Å². The second-order valence-electron chi connectivity index (χ2n) is 10.9. The third-order valence-electron chi connectivity index (χ3n) is 7.92. The summed E-state index contributed by atoms with van der Waals surface area (Å²) < 4.78 is 17.6. The van der Waals surface area contributed by atoms with Crippen molar-refractivity contribution in [1.82, 2.24) is 9.97 Å². The van der Waals surface area contributed by atoms with Gasteiger partial charge in [0.1, 0.15) is 11.5 Å². The first kappa shape index (κ1) is 26.0. The standard InChI is InChI=1S/C27H37FN6O2S/c1-19-17-23(31-25(29-19)34-11-7-26(2,28)8-12-34)30-24(36)21-4-3-20(32-37-16-15-35)18-22(21)33-13-9-27(5-6-27)10-14-33/h3-4,17-18,32,35H,5-16H2,1-2H3,(H,29,30,31,36). The first-order valence-corrected chi connectivity index (χ1v) is 14.2. The molecule has 1 aromatic carbocycles. The van der Waals surface area contributed by atoms with Gasteiger partial charge in [-0.3, -0.25) is 4.79 Å². The van der Waals surface area contributed by atoms with Gasteiger partial charge in [0, 0.05) is 49.4 Å². The molecule has 3 heterocycles. The van der Waals surface area contributed by atoms with Gasteiger partial charge < -0.3 is 24.9 Å². The topological polar surface area (TPSA) is 93.6 Å². The largest absolute Gasteiger partial charge is 0.395 e. The number of halogens is 1. The predicted octanol–water partition coefficient (Wildman–Crippen LogP) is 4.80. The van der Waals surface area contributed by atoms with Crippen molar-refractivity contribution in [2.75, 3.05) is 58.4 Å². The van der Waals surface area contributed by atoms with Crippen LogP contribution in [0.15, 0.2) is 24.3 Å².